The second-order valence-corrected chi connectivity index (χ2v) is 15.7. The highest BCUT2D eigenvalue weighted by Gasteiger charge is 2.70. The Bertz CT molecular complexity index is 2200. The lowest BCUT2D eigenvalue weighted by Gasteiger charge is -2.65. The Morgan fingerprint density at radius 3 is 2.27 bits per heavy atom. The fourth-order valence-corrected chi connectivity index (χ4v) is 13.5. The third-order valence-corrected chi connectivity index (χ3v) is 14.4. The van der Waals surface area contributed by atoms with E-state index in [0.29, 0.717) is 0 Å². The normalized spacial score (nSPS) is 35.3. The van der Waals surface area contributed by atoms with E-state index in [4.69, 9.17) is 0 Å². The largest absolute Gasteiger partial charge is 0.309 e. The molecule has 14 rings (SSSR count). The zero-order valence-corrected chi connectivity index (χ0v) is 25.1. The van der Waals surface area contributed by atoms with Crippen molar-refractivity contribution in [2.45, 2.75) is 43.9 Å². The van der Waals surface area contributed by atoms with Gasteiger partial charge in [0.05, 0.1) is 11.0 Å². The molecular formula is C43H37N. The van der Waals surface area contributed by atoms with Crippen LogP contribution in [-0.4, -0.2) is 4.57 Å². The van der Waals surface area contributed by atoms with Crippen LogP contribution in [0.4, 0.5) is 0 Å². The van der Waals surface area contributed by atoms with Crippen LogP contribution >= 0.6 is 0 Å². The molecular weight excluding hydrogens is 530 g/mol. The van der Waals surface area contributed by atoms with Gasteiger partial charge in [-0.1, -0.05) is 78.9 Å². The minimum absolute atomic E-state index is 0.186. The van der Waals surface area contributed by atoms with E-state index < -0.39 is 0 Å². The van der Waals surface area contributed by atoms with Crippen LogP contribution in [0.5, 0.6) is 0 Å². The molecule has 0 aliphatic heterocycles. The van der Waals surface area contributed by atoms with E-state index in [9.17, 15) is 0 Å². The lowest BCUT2D eigenvalue weighted by Crippen LogP contribution is -2.61. The van der Waals surface area contributed by atoms with Crippen molar-refractivity contribution < 1.29 is 0 Å². The van der Waals surface area contributed by atoms with Gasteiger partial charge in [-0.05, 0) is 143 Å². The maximum atomic E-state index is 2.65. The van der Waals surface area contributed by atoms with Crippen LogP contribution in [0, 0.1) is 47.3 Å². The molecule has 8 bridgehead atoms. The fraction of sp³-hybridized carbons (Fsp3) is 0.349. The molecule has 8 aliphatic rings. The highest BCUT2D eigenvalue weighted by atomic mass is 15.0. The van der Waals surface area contributed by atoms with Gasteiger partial charge in [0.25, 0.3) is 0 Å². The van der Waals surface area contributed by atoms with Gasteiger partial charge in [-0.15, -0.1) is 0 Å². The molecule has 0 saturated heterocycles. The summed E-state index contributed by atoms with van der Waals surface area (Å²) in [5.74, 6) is 7.46. The molecule has 1 heteroatoms. The van der Waals surface area contributed by atoms with Gasteiger partial charge < -0.3 is 4.57 Å². The van der Waals surface area contributed by atoms with Crippen LogP contribution in [-0.2, 0) is 5.41 Å². The first-order valence-corrected chi connectivity index (χ1v) is 17.5. The summed E-state index contributed by atoms with van der Waals surface area (Å²) in [4.78, 5) is 0. The minimum Gasteiger partial charge on any atom is -0.309 e. The van der Waals surface area contributed by atoms with E-state index in [1.807, 2.05) is 0 Å². The van der Waals surface area contributed by atoms with Crippen LogP contribution in [0.2, 0.25) is 0 Å². The lowest BCUT2D eigenvalue weighted by molar-refractivity contribution is -0.114. The third kappa shape index (κ3) is 2.54. The van der Waals surface area contributed by atoms with Gasteiger partial charge in [-0.2, -0.15) is 0 Å². The van der Waals surface area contributed by atoms with Gasteiger partial charge in [0.15, 0.2) is 0 Å². The first-order valence-electron chi connectivity index (χ1n) is 17.5. The third-order valence-electron chi connectivity index (χ3n) is 14.4. The number of benzene rings is 5. The summed E-state index contributed by atoms with van der Waals surface area (Å²) in [5.41, 5.74) is 10.6. The quantitative estimate of drug-likeness (QED) is 0.186. The monoisotopic (exact) mass is 567 g/mol. The van der Waals surface area contributed by atoms with Crippen LogP contribution < -0.4 is 0 Å². The van der Waals surface area contributed by atoms with Gasteiger partial charge in [0, 0.05) is 21.9 Å². The summed E-state index contributed by atoms with van der Waals surface area (Å²) in [5, 5.41) is 5.65. The molecule has 44 heavy (non-hydrogen) atoms. The number of fused-ring (bicyclic) bond motifs is 9. The smallest absolute Gasteiger partial charge is 0.0547 e. The van der Waals surface area contributed by atoms with Crippen molar-refractivity contribution >= 4 is 32.6 Å². The number of aromatic nitrogens is 1. The molecule has 6 aromatic rings. The summed E-state index contributed by atoms with van der Waals surface area (Å²) < 4.78 is 2.55. The Kier molecular flexibility index (Phi) is 4.20. The van der Waals surface area contributed by atoms with Crippen molar-refractivity contribution in [1.82, 2.24) is 4.57 Å². The van der Waals surface area contributed by atoms with Crippen LogP contribution in [0.3, 0.4) is 0 Å². The van der Waals surface area contributed by atoms with Crippen molar-refractivity contribution in [3.8, 4) is 16.8 Å². The number of nitrogens with zero attached hydrogens (tertiary/aromatic N) is 1. The molecule has 1 spiro atoms. The number of hydrogen-bond acceptors (Lipinski definition) is 0. The van der Waals surface area contributed by atoms with Gasteiger partial charge in [0.2, 0.25) is 0 Å². The molecule has 1 aromatic heterocycles. The maximum Gasteiger partial charge on any atom is 0.0547 e. The average Bonchev–Trinajstić information content (AvgIpc) is 3.41. The summed E-state index contributed by atoms with van der Waals surface area (Å²) in [6.45, 7) is 0. The summed E-state index contributed by atoms with van der Waals surface area (Å²) in [6.07, 6.45) is 9.08. The van der Waals surface area contributed by atoms with Gasteiger partial charge >= 0.3 is 0 Å². The first kappa shape index (κ1) is 23.5. The van der Waals surface area contributed by atoms with Crippen molar-refractivity contribution in [3.63, 3.8) is 0 Å². The predicted molar refractivity (Wildman–Crippen MR) is 180 cm³/mol. The van der Waals surface area contributed by atoms with E-state index >= 15 is 0 Å². The van der Waals surface area contributed by atoms with Crippen LogP contribution in [0.25, 0.3) is 49.4 Å². The Morgan fingerprint density at radius 2 is 1.32 bits per heavy atom. The topological polar surface area (TPSA) is 4.93 Å². The molecule has 9 atom stereocenters. The number of rotatable bonds is 1. The van der Waals surface area contributed by atoms with Gasteiger partial charge in [-0.3, -0.25) is 0 Å². The highest BCUT2D eigenvalue weighted by Crippen LogP contribution is 2.76. The van der Waals surface area contributed by atoms with Crippen molar-refractivity contribution in [2.24, 2.45) is 47.3 Å². The standard InChI is InChI=1S/C43H37N/c1-2-9-29(10-3-1)44-37-16-14-25-8-4-5-11-30(25)40(37)41-38(44)17-15-36-39(41)31-12-6-7-13-35(31)43(36)28-22-27-21-26-18-24-19-33(27)42(43)34(20-24)32(26)23-28/h1-17,24,26-28,32-34,42H,18-23H2. The van der Waals surface area contributed by atoms with Gasteiger partial charge in [-0.25, -0.2) is 0 Å². The predicted octanol–water partition coefficient (Wildman–Crippen LogP) is 10.5. The molecule has 9 unspecified atom stereocenters. The molecule has 0 radical (unpaired) electrons. The Labute approximate surface area is 258 Å². The molecule has 7 fully saturated rings. The lowest BCUT2D eigenvalue weighted by atomic mass is 9.38. The Hall–Kier alpha value is -3.84. The first-order chi connectivity index (χ1) is 21.8. The van der Waals surface area contributed by atoms with Crippen LogP contribution in [0.1, 0.15) is 49.7 Å². The van der Waals surface area contributed by atoms with Gasteiger partial charge in [0.1, 0.15) is 0 Å². The molecule has 1 nitrogen and oxygen atoms in total. The fourth-order valence-electron chi connectivity index (χ4n) is 13.5. The van der Waals surface area contributed by atoms with E-state index in [1.54, 1.807) is 35.1 Å². The molecule has 8 aliphatic carbocycles. The maximum absolute atomic E-state index is 2.65. The summed E-state index contributed by atoms with van der Waals surface area (Å²) >= 11 is 0. The molecule has 5 aromatic carbocycles. The molecule has 0 N–H and O–H groups in total. The molecule has 214 valence electrons. The van der Waals surface area contributed by atoms with Crippen molar-refractivity contribution in [3.05, 3.63) is 114 Å². The van der Waals surface area contributed by atoms with E-state index in [1.165, 1.54) is 63.9 Å². The summed E-state index contributed by atoms with van der Waals surface area (Å²) in [6, 6.07) is 39.9. The Balaban J connectivity index is 1.25. The minimum atomic E-state index is 0.186. The number of para-hydroxylation sites is 1. The second kappa shape index (κ2) is 7.86. The van der Waals surface area contributed by atoms with E-state index in [-0.39, 0.29) is 5.41 Å². The molecule has 0 amide bonds. The second-order valence-electron chi connectivity index (χ2n) is 15.7. The highest BCUT2D eigenvalue weighted by molar-refractivity contribution is 6.26. The number of hydrogen-bond donors (Lipinski definition) is 0. The van der Waals surface area contributed by atoms with E-state index in [2.05, 4.69) is 108 Å². The van der Waals surface area contributed by atoms with Crippen molar-refractivity contribution in [1.29, 1.82) is 0 Å². The van der Waals surface area contributed by atoms with Crippen molar-refractivity contribution in [2.75, 3.05) is 0 Å². The van der Waals surface area contributed by atoms with E-state index in [0.717, 1.165) is 47.3 Å². The zero-order valence-electron chi connectivity index (χ0n) is 25.1. The zero-order chi connectivity index (χ0) is 28.3. The molecule has 7 saturated carbocycles. The summed E-state index contributed by atoms with van der Waals surface area (Å²) in [7, 11) is 0. The SMILES string of the molecule is c1ccc(-n2c3ccc4c(c3c3c5ccccc5ccc32)-c2ccccc2C42C3CC4CC5CC6CC4C2C(C6)C5C3)cc1. The van der Waals surface area contributed by atoms with Crippen LogP contribution in [0.15, 0.2) is 103 Å². The molecule has 1 heterocycles. The average molecular weight is 568 g/mol. The Morgan fingerprint density at radius 1 is 0.545 bits per heavy atom.